The van der Waals surface area contributed by atoms with Gasteiger partial charge in [-0.3, -0.25) is 4.79 Å². The zero-order valence-electron chi connectivity index (χ0n) is 10.7. The first kappa shape index (κ1) is 11.7. The van der Waals surface area contributed by atoms with Crippen molar-refractivity contribution >= 4 is 11.9 Å². The highest BCUT2D eigenvalue weighted by molar-refractivity contribution is 6.15. The van der Waals surface area contributed by atoms with Gasteiger partial charge in [0.2, 0.25) is 0 Å². The summed E-state index contributed by atoms with van der Waals surface area (Å²) in [5, 5.41) is 0. The molecule has 0 N–H and O–H groups in total. The Bertz CT molecular complexity index is 654. The van der Waals surface area contributed by atoms with Gasteiger partial charge >= 0.3 is 0 Å². The summed E-state index contributed by atoms with van der Waals surface area (Å²) in [7, 11) is 1.61. The molecule has 2 nitrogen and oxygen atoms in total. The molecular weight excluding hydrogens is 236 g/mol. The number of benzene rings is 2. The third-order valence-electron chi connectivity index (χ3n) is 3.37. The second-order valence-electron chi connectivity index (χ2n) is 4.61. The van der Waals surface area contributed by atoms with E-state index < -0.39 is 0 Å². The van der Waals surface area contributed by atoms with Gasteiger partial charge in [-0.25, -0.2) is 0 Å². The highest BCUT2D eigenvalue weighted by Gasteiger charge is 2.24. The van der Waals surface area contributed by atoms with Crippen LogP contribution in [0, 0.1) is 0 Å². The Hall–Kier alpha value is -2.35. The number of ether oxygens (including phenoxy) is 1. The molecule has 1 aliphatic carbocycles. The molecule has 0 heterocycles. The quantitative estimate of drug-likeness (QED) is 0.762. The fourth-order valence-corrected chi connectivity index (χ4v) is 2.37. The molecule has 94 valence electrons. The van der Waals surface area contributed by atoms with Gasteiger partial charge < -0.3 is 4.74 Å². The van der Waals surface area contributed by atoms with Crippen LogP contribution in [-0.2, 0) is 6.42 Å². The van der Waals surface area contributed by atoms with Crippen molar-refractivity contribution in [2.75, 3.05) is 7.11 Å². The number of ketones is 1. The molecule has 0 fully saturated rings. The normalized spacial score (nSPS) is 15.6. The Balaban J connectivity index is 1.97. The minimum absolute atomic E-state index is 0.109. The fraction of sp³-hybridized carbons (Fsp3) is 0.118. The monoisotopic (exact) mass is 250 g/mol. The number of methoxy groups -OCH3 is 1. The molecule has 0 bridgehead atoms. The average molecular weight is 250 g/mol. The van der Waals surface area contributed by atoms with Crippen LogP contribution in [0.15, 0.2) is 54.1 Å². The lowest BCUT2D eigenvalue weighted by Crippen LogP contribution is -1.95. The van der Waals surface area contributed by atoms with Crippen LogP contribution in [0.2, 0.25) is 0 Å². The highest BCUT2D eigenvalue weighted by Crippen LogP contribution is 2.30. The summed E-state index contributed by atoms with van der Waals surface area (Å²) in [6, 6.07) is 15.6. The lowest BCUT2D eigenvalue weighted by molar-refractivity contribution is 0.104. The van der Waals surface area contributed by atoms with Gasteiger partial charge in [-0.15, -0.1) is 0 Å². The smallest absolute Gasteiger partial charge is 0.189 e. The van der Waals surface area contributed by atoms with Crippen LogP contribution in [0.4, 0.5) is 0 Å². The summed E-state index contributed by atoms with van der Waals surface area (Å²) in [6.45, 7) is 0. The average Bonchev–Trinajstić information content (AvgIpc) is 2.76. The van der Waals surface area contributed by atoms with E-state index in [9.17, 15) is 4.79 Å². The van der Waals surface area contributed by atoms with Gasteiger partial charge in [-0.1, -0.05) is 36.4 Å². The molecule has 1 aliphatic rings. The minimum atomic E-state index is 0.109. The van der Waals surface area contributed by atoms with E-state index in [1.54, 1.807) is 7.11 Å². The van der Waals surface area contributed by atoms with E-state index in [0.717, 1.165) is 28.0 Å². The number of allylic oxidation sites excluding steroid dienone is 1. The maximum atomic E-state index is 12.3. The first-order chi connectivity index (χ1) is 9.28. The minimum Gasteiger partial charge on any atom is -0.497 e. The van der Waals surface area contributed by atoms with Crippen LogP contribution in [0.1, 0.15) is 21.5 Å². The number of rotatable bonds is 2. The molecule has 2 aromatic carbocycles. The fourth-order valence-electron chi connectivity index (χ4n) is 2.37. The van der Waals surface area contributed by atoms with Crippen molar-refractivity contribution in [3.63, 3.8) is 0 Å². The van der Waals surface area contributed by atoms with Gasteiger partial charge in [0.05, 0.1) is 7.11 Å². The molecule has 0 radical (unpaired) electrons. The Labute approximate surface area is 112 Å². The number of hydrogen-bond donors (Lipinski definition) is 0. The Kier molecular flexibility index (Phi) is 2.92. The predicted octanol–water partition coefficient (Wildman–Crippen LogP) is 3.52. The summed E-state index contributed by atoms with van der Waals surface area (Å²) < 4.78 is 5.17. The standard InChI is InChI=1S/C17H14O2/c1-19-15-8-7-13-10-14(17(18)16(13)11-15)9-12-5-3-2-4-6-12/h2-9,11H,10H2,1H3/b14-9+. The molecule has 0 atom stereocenters. The Morgan fingerprint density at radius 2 is 1.89 bits per heavy atom. The van der Waals surface area contributed by atoms with Gasteiger partial charge in [0.15, 0.2) is 5.78 Å². The molecule has 0 saturated carbocycles. The Morgan fingerprint density at radius 1 is 1.11 bits per heavy atom. The van der Waals surface area contributed by atoms with Crippen molar-refractivity contribution in [3.8, 4) is 5.75 Å². The maximum absolute atomic E-state index is 12.3. The van der Waals surface area contributed by atoms with Crippen molar-refractivity contribution in [1.82, 2.24) is 0 Å². The van der Waals surface area contributed by atoms with Gasteiger partial charge in [0.25, 0.3) is 0 Å². The van der Waals surface area contributed by atoms with Crippen LogP contribution in [-0.4, -0.2) is 12.9 Å². The first-order valence-corrected chi connectivity index (χ1v) is 6.25. The second kappa shape index (κ2) is 4.73. The molecule has 0 spiro atoms. The summed E-state index contributed by atoms with van der Waals surface area (Å²) in [4.78, 5) is 12.3. The first-order valence-electron chi connectivity index (χ1n) is 6.25. The zero-order chi connectivity index (χ0) is 13.2. The topological polar surface area (TPSA) is 26.3 Å². The lowest BCUT2D eigenvalue weighted by Gasteiger charge is -2.01. The molecule has 0 saturated heterocycles. The summed E-state index contributed by atoms with van der Waals surface area (Å²) >= 11 is 0. The lowest BCUT2D eigenvalue weighted by atomic mass is 10.1. The molecule has 0 aromatic heterocycles. The SMILES string of the molecule is COc1ccc2c(c1)C(=O)/C(=C/c1ccccc1)C2. The largest absolute Gasteiger partial charge is 0.497 e. The van der Waals surface area contributed by atoms with Crippen molar-refractivity contribution in [3.05, 3.63) is 70.8 Å². The molecule has 19 heavy (non-hydrogen) atoms. The number of carbonyl (C=O) groups excluding carboxylic acids is 1. The van der Waals surface area contributed by atoms with E-state index in [0.29, 0.717) is 6.42 Å². The molecule has 3 rings (SSSR count). The van der Waals surface area contributed by atoms with Gasteiger partial charge in [-0.05, 0) is 29.3 Å². The van der Waals surface area contributed by atoms with E-state index in [1.165, 1.54) is 0 Å². The van der Waals surface area contributed by atoms with Crippen LogP contribution in [0.5, 0.6) is 5.75 Å². The molecule has 0 amide bonds. The third-order valence-corrected chi connectivity index (χ3v) is 3.37. The summed E-state index contributed by atoms with van der Waals surface area (Å²) in [5.74, 6) is 0.839. The Morgan fingerprint density at radius 3 is 2.63 bits per heavy atom. The molecule has 2 heteroatoms. The van der Waals surface area contributed by atoms with Crippen molar-refractivity contribution in [2.45, 2.75) is 6.42 Å². The van der Waals surface area contributed by atoms with Gasteiger partial charge in [0.1, 0.15) is 5.75 Å². The van der Waals surface area contributed by atoms with Crippen LogP contribution in [0.3, 0.4) is 0 Å². The third kappa shape index (κ3) is 2.17. The maximum Gasteiger partial charge on any atom is 0.189 e. The molecular formula is C17H14O2. The number of hydrogen-bond acceptors (Lipinski definition) is 2. The highest BCUT2D eigenvalue weighted by atomic mass is 16.5. The summed E-state index contributed by atoms with van der Waals surface area (Å²) in [5.41, 5.74) is 3.74. The zero-order valence-corrected chi connectivity index (χ0v) is 10.7. The number of Topliss-reactive ketones (excluding diaryl/α,β-unsaturated/α-hetero) is 1. The molecule has 0 unspecified atom stereocenters. The predicted molar refractivity (Wildman–Crippen MR) is 75.4 cm³/mol. The van der Waals surface area contributed by atoms with E-state index >= 15 is 0 Å². The van der Waals surface area contributed by atoms with E-state index in [-0.39, 0.29) is 5.78 Å². The van der Waals surface area contributed by atoms with Gasteiger partial charge in [-0.2, -0.15) is 0 Å². The molecule has 2 aromatic rings. The molecule has 0 aliphatic heterocycles. The van der Waals surface area contributed by atoms with Crippen LogP contribution >= 0.6 is 0 Å². The van der Waals surface area contributed by atoms with E-state index in [1.807, 2.05) is 54.6 Å². The second-order valence-corrected chi connectivity index (χ2v) is 4.61. The van der Waals surface area contributed by atoms with Crippen LogP contribution in [0.25, 0.3) is 6.08 Å². The van der Waals surface area contributed by atoms with Crippen LogP contribution < -0.4 is 4.74 Å². The number of fused-ring (bicyclic) bond motifs is 1. The van der Waals surface area contributed by atoms with Crippen molar-refractivity contribution in [2.24, 2.45) is 0 Å². The van der Waals surface area contributed by atoms with E-state index in [4.69, 9.17) is 4.74 Å². The van der Waals surface area contributed by atoms with E-state index in [2.05, 4.69) is 0 Å². The van der Waals surface area contributed by atoms with Gasteiger partial charge in [0, 0.05) is 17.6 Å². The van der Waals surface area contributed by atoms with Crippen molar-refractivity contribution in [1.29, 1.82) is 0 Å². The number of carbonyl (C=O) groups is 1. The summed E-state index contributed by atoms with van der Waals surface area (Å²) in [6.07, 6.45) is 2.67. The van der Waals surface area contributed by atoms with Crippen molar-refractivity contribution < 1.29 is 9.53 Å².